The fourth-order valence-electron chi connectivity index (χ4n) is 3.13. The molecule has 1 aromatic rings. The van der Waals surface area contributed by atoms with Crippen molar-refractivity contribution in [2.24, 2.45) is 0 Å². The molecule has 0 aliphatic carbocycles. The van der Waals surface area contributed by atoms with Crippen molar-refractivity contribution in [2.75, 3.05) is 50.7 Å². The Morgan fingerprint density at radius 1 is 1.28 bits per heavy atom. The van der Waals surface area contributed by atoms with E-state index in [9.17, 15) is 9.90 Å². The first-order valence-electron chi connectivity index (χ1n) is 9.33. The largest absolute Gasteiger partial charge is 0.506 e. The lowest BCUT2D eigenvalue weighted by atomic mass is 10.1. The summed E-state index contributed by atoms with van der Waals surface area (Å²) in [6, 6.07) is 7.45. The Kier molecular flexibility index (Phi) is 7.08. The van der Waals surface area contributed by atoms with Crippen LogP contribution in [-0.2, 0) is 4.79 Å². The molecule has 1 aliphatic heterocycles. The van der Waals surface area contributed by atoms with Gasteiger partial charge in [-0.2, -0.15) is 0 Å². The van der Waals surface area contributed by atoms with Crippen molar-refractivity contribution < 1.29 is 20.1 Å². The number of rotatable bonds is 7. The molecule has 25 heavy (non-hydrogen) atoms. The predicted octanol–water partition coefficient (Wildman–Crippen LogP) is -1.03. The van der Waals surface area contributed by atoms with Crippen LogP contribution in [-0.4, -0.2) is 62.4 Å². The van der Waals surface area contributed by atoms with Crippen molar-refractivity contribution in [1.82, 2.24) is 5.32 Å². The van der Waals surface area contributed by atoms with Crippen LogP contribution in [0.3, 0.4) is 0 Å². The summed E-state index contributed by atoms with van der Waals surface area (Å²) < 4.78 is 0. The number of hydrogen-bond donors (Lipinski definition) is 4. The number of carbonyl (C=O) groups excluding carboxylic acids is 1. The van der Waals surface area contributed by atoms with Gasteiger partial charge >= 0.3 is 0 Å². The quantitative estimate of drug-likeness (QED) is 0.475. The van der Waals surface area contributed by atoms with Crippen LogP contribution in [0.1, 0.15) is 27.2 Å². The molecule has 0 saturated carbocycles. The summed E-state index contributed by atoms with van der Waals surface area (Å²) in [5.74, 6) is 0.470. The summed E-state index contributed by atoms with van der Waals surface area (Å²) in [6.45, 7) is 12.5. The van der Waals surface area contributed by atoms with E-state index in [0.717, 1.165) is 51.4 Å². The van der Waals surface area contributed by atoms with Crippen LogP contribution in [0.5, 0.6) is 5.75 Å². The summed E-state index contributed by atoms with van der Waals surface area (Å²) in [6.07, 6.45) is 0.999. The molecule has 0 atom stereocenters. The molecule has 1 fully saturated rings. The number of amides is 1. The van der Waals surface area contributed by atoms with Gasteiger partial charge < -0.3 is 25.5 Å². The standard InChI is InChI=1S/C19H32N4O2/c1-19(2,3)21-10-6-9-20-18(25)15-22-11-13-23(14-12-22)16-7-4-5-8-17(16)24/h4-5,7-8,21,24H,6,9-15H2,1-3H3,(H,20,25)/p+2. The number of piperazine rings is 1. The molecule has 0 bridgehead atoms. The topological polar surface area (TPSA) is 73.6 Å². The number of benzene rings is 1. The molecule has 1 aliphatic rings. The van der Waals surface area contributed by atoms with Crippen LogP contribution in [0.2, 0.25) is 0 Å². The first kappa shape index (κ1) is 19.5. The highest BCUT2D eigenvalue weighted by atomic mass is 16.3. The second kappa shape index (κ2) is 9.06. The molecule has 140 valence electrons. The fraction of sp³-hybridized carbons (Fsp3) is 0.632. The summed E-state index contributed by atoms with van der Waals surface area (Å²) in [4.78, 5) is 15.6. The normalized spacial score (nSPS) is 16.0. The van der Waals surface area contributed by atoms with Crippen molar-refractivity contribution in [1.29, 1.82) is 0 Å². The average Bonchev–Trinajstić information content (AvgIpc) is 2.55. The number of para-hydroxylation sites is 2. The van der Waals surface area contributed by atoms with E-state index in [1.165, 1.54) is 4.90 Å². The first-order chi connectivity index (χ1) is 11.8. The average molecular weight is 351 g/mol. The van der Waals surface area contributed by atoms with E-state index in [-0.39, 0.29) is 11.4 Å². The van der Waals surface area contributed by atoms with Crippen molar-refractivity contribution in [3.63, 3.8) is 0 Å². The van der Waals surface area contributed by atoms with Gasteiger partial charge in [0.05, 0.1) is 44.0 Å². The Balaban J connectivity index is 1.63. The van der Waals surface area contributed by atoms with Crippen molar-refractivity contribution in [3.05, 3.63) is 24.3 Å². The minimum Gasteiger partial charge on any atom is -0.506 e. The molecule has 0 radical (unpaired) electrons. The second-order valence-electron chi connectivity index (χ2n) is 7.96. The summed E-state index contributed by atoms with van der Waals surface area (Å²) >= 11 is 0. The Morgan fingerprint density at radius 3 is 2.60 bits per heavy atom. The van der Waals surface area contributed by atoms with Crippen molar-refractivity contribution >= 4 is 11.6 Å². The van der Waals surface area contributed by atoms with E-state index in [1.54, 1.807) is 6.07 Å². The third kappa shape index (κ3) is 6.92. The maximum atomic E-state index is 12.1. The van der Waals surface area contributed by atoms with Gasteiger partial charge in [-0.3, -0.25) is 4.79 Å². The molecular formula is C19H34N4O2+2. The molecule has 6 heteroatoms. The molecule has 1 aromatic carbocycles. The summed E-state index contributed by atoms with van der Waals surface area (Å²) in [7, 11) is 0. The zero-order valence-corrected chi connectivity index (χ0v) is 15.8. The lowest BCUT2D eigenvalue weighted by molar-refractivity contribution is -0.892. The molecular weight excluding hydrogens is 316 g/mol. The van der Waals surface area contributed by atoms with Gasteiger partial charge in [0.1, 0.15) is 5.75 Å². The molecule has 0 spiro atoms. The molecule has 6 nitrogen and oxygen atoms in total. The molecule has 0 unspecified atom stereocenters. The van der Waals surface area contributed by atoms with E-state index in [1.807, 2.05) is 18.2 Å². The van der Waals surface area contributed by atoms with E-state index in [0.29, 0.717) is 12.3 Å². The zero-order valence-electron chi connectivity index (χ0n) is 15.8. The van der Waals surface area contributed by atoms with Gasteiger partial charge in [0.2, 0.25) is 0 Å². The van der Waals surface area contributed by atoms with E-state index in [2.05, 4.69) is 36.3 Å². The SMILES string of the molecule is CC(C)(C)[NH2+]CCCNC(=O)C[NH+]1CCN(c2ccccc2O)CC1. The number of nitrogens with zero attached hydrogens (tertiary/aromatic N) is 1. The Bertz CT molecular complexity index is 549. The van der Waals surface area contributed by atoms with Crippen molar-refractivity contribution in [2.45, 2.75) is 32.7 Å². The minimum atomic E-state index is 0.141. The monoisotopic (exact) mass is 350 g/mol. The molecule has 1 amide bonds. The molecule has 2 rings (SSSR count). The Labute approximate surface area is 151 Å². The third-order valence-electron chi connectivity index (χ3n) is 4.56. The zero-order chi connectivity index (χ0) is 18.3. The summed E-state index contributed by atoms with van der Waals surface area (Å²) in [5, 5.41) is 15.3. The Hall–Kier alpha value is -1.79. The van der Waals surface area contributed by atoms with Gasteiger partial charge in [-0.05, 0) is 32.9 Å². The summed E-state index contributed by atoms with van der Waals surface area (Å²) in [5.41, 5.74) is 1.14. The highest BCUT2D eigenvalue weighted by Crippen LogP contribution is 2.25. The van der Waals surface area contributed by atoms with Crippen LogP contribution in [0.15, 0.2) is 24.3 Å². The number of anilines is 1. The van der Waals surface area contributed by atoms with Crippen molar-refractivity contribution in [3.8, 4) is 5.75 Å². The third-order valence-corrected chi connectivity index (χ3v) is 4.56. The first-order valence-corrected chi connectivity index (χ1v) is 9.33. The molecule has 0 aromatic heterocycles. The smallest absolute Gasteiger partial charge is 0.275 e. The second-order valence-corrected chi connectivity index (χ2v) is 7.96. The highest BCUT2D eigenvalue weighted by Gasteiger charge is 2.23. The number of nitrogens with two attached hydrogens (primary N) is 1. The van der Waals surface area contributed by atoms with E-state index >= 15 is 0 Å². The van der Waals surface area contributed by atoms with E-state index < -0.39 is 0 Å². The number of quaternary nitrogens is 2. The van der Waals surface area contributed by atoms with Crippen LogP contribution in [0, 0.1) is 0 Å². The predicted molar refractivity (Wildman–Crippen MR) is 100 cm³/mol. The number of phenols is 1. The molecule has 1 saturated heterocycles. The van der Waals surface area contributed by atoms with Gasteiger partial charge in [0.15, 0.2) is 6.54 Å². The van der Waals surface area contributed by atoms with Crippen LogP contribution in [0.25, 0.3) is 0 Å². The lowest BCUT2D eigenvalue weighted by Gasteiger charge is -2.33. The van der Waals surface area contributed by atoms with Gasteiger partial charge in [0, 0.05) is 13.0 Å². The van der Waals surface area contributed by atoms with Gasteiger partial charge in [-0.25, -0.2) is 0 Å². The number of carbonyl (C=O) groups is 1. The highest BCUT2D eigenvalue weighted by molar-refractivity contribution is 5.76. The maximum absolute atomic E-state index is 12.1. The lowest BCUT2D eigenvalue weighted by Crippen LogP contribution is -3.16. The van der Waals surface area contributed by atoms with Crippen LogP contribution in [0.4, 0.5) is 5.69 Å². The van der Waals surface area contributed by atoms with Gasteiger partial charge in [-0.15, -0.1) is 0 Å². The minimum absolute atomic E-state index is 0.141. The number of nitrogens with one attached hydrogen (secondary N) is 2. The Morgan fingerprint density at radius 2 is 1.96 bits per heavy atom. The molecule has 1 heterocycles. The molecule has 5 N–H and O–H groups in total. The van der Waals surface area contributed by atoms with Gasteiger partial charge in [0.25, 0.3) is 5.91 Å². The number of phenolic OH excluding ortho intramolecular Hbond substituents is 1. The van der Waals surface area contributed by atoms with Crippen LogP contribution < -0.4 is 20.4 Å². The number of aromatic hydroxyl groups is 1. The number of hydrogen-bond acceptors (Lipinski definition) is 3. The van der Waals surface area contributed by atoms with Gasteiger partial charge in [-0.1, -0.05) is 12.1 Å². The van der Waals surface area contributed by atoms with Crippen LogP contribution >= 0.6 is 0 Å². The van der Waals surface area contributed by atoms with E-state index in [4.69, 9.17) is 0 Å². The maximum Gasteiger partial charge on any atom is 0.275 e. The fourth-order valence-corrected chi connectivity index (χ4v) is 3.13.